The van der Waals surface area contributed by atoms with Gasteiger partial charge in [-0.1, -0.05) is 169 Å². The van der Waals surface area contributed by atoms with Gasteiger partial charge in [0, 0.05) is 78.2 Å². The van der Waals surface area contributed by atoms with E-state index in [1.165, 1.54) is 120 Å². The number of hydrogen-bond donors (Lipinski definition) is 4. The summed E-state index contributed by atoms with van der Waals surface area (Å²) in [5, 5.41) is 26.5. The molecule has 3 saturated carbocycles. The van der Waals surface area contributed by atoms with Crippen LogP contribution in [0.4, 0.5) is 0 Å². The molecule has 686 valence electrons. The summed E-state index contributed by atoms with van der Waals surface area (Å²) in [5.41, 5.74) is 5.23. The highest BCUT2D eigenvalue weighted by molar-refractivity contribution is 5.97. The van der Waals surface area contributed by atoms with E-state index in [9.17, 15) is 38.4 Å². The SMILES string of the molecule is CCC(CC)Cn1nc(C(=O)N[C@@H](CCC2CCCCC2)CC(=O)NCCOC)cc1-c1c(OC)cccc1OC.COC(=O)CN(C)C(=O)C[C@H](CCC1CCCCC1)NC(=O)c1cc(-c2c(OC)cccc2OC)n(C(C)C(C)C)n1.COC(=O)CN(C)C(=O)C[C@H](CCC1CCCCC1)NC(=O)c1cc(-c2c(OC)cccc2OC)n(CC(C)C)n1. The molecule has 0 radical (unpaired) electrons. The molecule has 3 aromatic heterocycles. The van der Waals surface area contributed by atoms with Gasteiger partial charge in [-0.3, -0.25) is 52.4 Å². The van der Waals surface area contributed by atoms with E-state index >= 15 is 0 Å². The van der Waals surface area contributed by atoms with Gasteiger partial charge in [-0.25, -0.2) is 0 Å². The molecule has 6 amide bonds. The molecule has 0 aliphatic heterocycles. The summed E-state index contributed by atoms with van der Waals surface area (Å²) >= 11 is 0. The molecule has 3 heterocycles. The third-order valence-corrected chi connectivity index (χ3v) is 24.4. The van der Waals surface area contributed by atoms with Gasteiger partial charge in [-0.15, -0.1) is 0 Å². The van der Waals surface area contributed by atoms with Crippen LogP contribution in [-0.2, 0) is 51.3 Å². The Hall–Kier alpha value is -10.2. The smallest absolute Gasteiger partial charge is 0.325 e. The largest absolute Gasteiger partial charge is 0.496 e. The van der Waals surface area contributed by atoms with E-state index in [1.807, 2.05) is 74.7 Å². The van der Waals surface area contributed by atoms with Gasteiger partial charge in [-0.2, -0.15) is 15.3 Å². The van der Waals surface area contributed by atoms with Gasteiger partial charge in [0.05, 0.1) is 103 Å². The minimum Gasteiger partial charge on any atom is -0.496 e. The Morgan fingerprint density at radius 2 is 0.774 bits per heavy atom. The minimum absolute atomic E-state index is 0.0215. The van der Waals surface area contributed by atoms with E-state index in [-0.39, 0.29) is 103 Å². The number of likely N-dealkylation sites (N-methyl/N-ethyl adjacent to an activating group) is 2. The molecule has 1 unspecified atom stereocenters. The molecule has 3 fully saturated rings. The summed E-state index contributed by atoms with van der Waals surface area (Å²) < 4.78 is 54.0. The summed E-state index contributed by atoms with van der Waals surface area (Å²) in [4.78, 5) is 106. The van der Waals surface area contributed by atoms with E-state index in [2.05, 4.69) is 74.8 Å². The number of rotatable bonds is 45. The first-order valence-corrected chi connectivity index (χ1v) is 44.9. The van der Waals surface area contributed by atoms with Crippen LogP contribution in [0.1, 0.15) is 253 Å². The second-order valence-corrected chi connectivity index (χ2v) is 34.1. The highest BCUT2D eigenvalue weighted by Crippen LogP contribution is 2.43. The van der Waals surface area contributed by atoms with Crippen molar-refractivity contribution in [3.05, 3.63) is 89.9 Å². The molecule has 3 aromatic carbocycles. The summed E-state index contributed by atoms with van der Waals surface area (Å²) in [6.07, 6.45) is 25.8. The molecule has 29 heteroatoms. The fraction of sp³-hybridized carbons (Fsp3) is 0.632. The Labute approximate surface area is 735 Å². The quantitative estimate of drug-likeness (QED) is 0.0204. The molecule has 6 aromatic rings. The van der Waals surface area contributed by atoms with Crippen molar-refractivity contribution < 1.29 is 81.0 Å². The summed E-state index contributed by atoms with van der Waals surface area (Å²) in [7, 11) is 17.0. The number of nitrogens with zero attached hydrogens (tertiary/aromatic N) is 8. The number of carbonyl (C=O) groups excluding carboxylic acids is 8. The zero-order valence-electron chi connectivity index (χ0n) is 77.3. The number of ether oxygens (including phenoxy) is 9. The summed E-state index contributed by atoms with van der Waals surface area (Å²) in [6.45, 7) is 16.7. The van der Waals surface area contributed by atoms with Crippen molar-refractivity contribution in [3.8, 4) is 68.3 Å². The lowest BCUT2D eigenvalue weighted by molar-refractivity contribution is -0.146. The van der Waals surface area contributed by atoms with Crippen LogP contribution in [0.25, 0.3) is 33.8 Å². The van der Waals surface area contributed by atoms with E-state index in [0.29, 0.717) is 114 Å². The van der Waals surface area contributed by atoms with Gasteiger partial charge in [0.15, 0.2) is 17.1 Å². The minimum atomic E-state index is -0.488. The third-order valence-electron chi connectivity index (χ3n) is 24.4. The van der Waals surface area contributed by atoms with Crippen LogP contribution < -0.4 is 49.7 Å². The van der Waals surface area contributed by atoms with Crippen LogP contribution in [-0.4, -0.2) is 209 Å². The van der Waals surface area contributed by atoms with Gasteiger partial charge >= 0.3 is 11.9 Å². The van der Waals surface area contributed by atoms with Gasteiger partial charge in [0.25, 0.3) is 17.7 Å². The number of esters is 2. The number of aromatic nitrogens is 6. The van der Waals surface area contributed by atoms with Crippen molar-refractivity contribution in [3.63, 3.8) is 0 Å². The number of methoxy groups -OCH3 is 9. The maximum atomic E-state index is 13.7. The van der Waals surface area contributed by atoms with Crippen LogP contribution in [0.15, 0.2) is 72.8 Å². The van der Waals surface area contributed by atoms with Crippen LogP contribution in [0.3, 0.4) is 0 Å². The van der Waals surface area contributed by atoms with Crippen molar-refractivity contribution >= 4 is 47.4 Å². The molecular weight excluding hydrogens is 1580 g/mol. The monoisotopic (exact) mass is 1730 g/mol. The van der Waals surface area contributed by atoms with Crippen LogP contribution in [0.2, 0.25) is 0 Å². The molecule has 9 rings (SSSR count). The number of nitrogens with one attached hydrogen (secondary N) is 4. The lowest BCUT2D eigenvalue weighted by atomic mass is 9.85. The Morgan fingerprint density at radius 3 is 1.10 bits per heavy atom. The fourth-order valence-corrected chi connectivity index (χ4v) is 16.7. The lowest BCUT2D eigenvalue weighted by Gasteiger charge is -2.25. The highest BCUT2D eigenvalue weighted by Gasteiger charge is 2.33. The number of amides is 6. The van der Waals surface area contributed by atoms with Crippen molar-refractivity contribution in [1.82, 2.24) is 60.4 Å². The summed E-state index contributed by atoms with van der Waals surface area (Å²) in [6, 6.07) is 21.0. The van der Waals surface area contributed by atoms with Crippen molar-refractivity contribution in [2.45, 2.75) is 253 Å². The second kappa shape index (κ2) is 52.6. The first kappa shape index (κ1) is 101. The predicted octanol–water partition coefficient (Wildman–Crippen LogP) is 15.6. The van der Waals surface area contributed by atoms with E-state index < -0.39 is 24.0 Å². The Bertz CT molecular complexity index is 4250. The molecule has 124 heavy (non-hydrogen) atoms. The van der Waals surface area contributed by atoms with E-state index in [1.54, 1.807) is 76.0 Å². The molecule has 4 atom stereocenters. The zero-order chi connectivity index (χ0) is 90.4. The Morgan fingerprint density at radius 1 is 0.444 bits per heavy atom. The van der Waals surface area contributed by atoms with Crippen molar-refractivity contribution in [1.29, 1.82) is 0 Å². The highest BCUT2D eigenvalue weighted by atomic mass is 16.5. The average Bonchev–Trinajstić information content (AvgIpc) is 1.63. The molecule has 0 spiro atoms. The molecule has 29 nitrogen and oxygen atoms in total. The number of benzene rings is 3. The van der Waals surface area contributed by atoms with Crippen molar-refractivity contribution in [2.75, 3.05) is 104 Å². The molecule has 3 aliphatic rings. The summed E-state index contributed by atoms with van der Waals surface area (Å²) in [5.74, 6) is 4.04. The first-order valence-electron chi connectivity index (χ1n) is 44.9. The number of carbonyl (C=O) groups is 8. The van der Waals surface area contributed by atoms with Crippen molar-refractivity contribution in [2.24, 2.45) is 35.5 Å². The standard InChI is InChI=1S/C32H48N4O6.C32H50N4O5.C31H46N4O6/c1-21(2)22(3)36-26(31-27(40-5)14-11-15-28(31)41-6)19-25(34-36)32(39)33-24(17-16-23-12-9-8-10-13-23)18-29(37)35(4)20-30(38)42-7;1-6-23(7-2)22-36-27(31-28(40-4)14-11-15-29(31)41-5)21-26(35-36)32(38)34-25(20-30(37)33-18-19-39-3)17-16-24-12-9-8-10-13-24;1-21(2)19-35-25(30-26(39-4)13-10-14-27(30)40-5)18-24(33-35)31(38)32-23(16-15-22-11-8-7-9-12-22)17-28(36)34(3)20-29(37)41-6/h11,14-15,19,21-24H,8-10,12-13,16-18,20H2,1-7H3,(H,33,39);11,14-15,21,23-25H,6-10,12-13,16-20,22H2,1-5H3,(H,33,37)(H,34,38);10,13-14,18,21-23H,7-9,11-12,15-17,19-20H2,1-6H3,(H,32,38)/t22?,24-;25-;23-/m000/s1. The van der Waals surface area contributed by atoms with E-state index in [0.717, 1.165) is 60.9 Å². The predicted molar refractivity (Wildman–Crippen MR) is 480 cm³/mol. The third kappa shape index (κ3) is 30.6. The first-order chi connectivity index (χ1) is 59.7. The molecule has 3 aliphatic carbocycles. The zero-order valence-corrected chi connectivity index (χ0v) is 77.3. The number of hydrogen-bond acceptors (Lipinski definition) is 20. The molecule has 4 N–H and O–H groups in total. The van der Waals surface area contributed by atoms with Gasteiger partial charge in [-0.05, 0) is 136 Å². The van der Waals surface area contributed by atoms with Gasteiger partial charge < -0.3 is 73.7 Å². The fourth-order valence-electron chi connectivity index (χ4n) is 16.7. The maximum absolute atomic E-state index is 13.7. The molecule has 0 bridgehead atoms. The topological polar surface area (TPSA) is 328 Å². The van der Waals surface area contributed by atoms with E-state index in [4.69, 9.17) is 52.8 Å². The lowest BCUT2D eigenvalue weighted by Crippen LogP contribution is -2.41. The maximum Gasteiger partial charge on any atom is 0.325 e. The van der Waals surface area contributed by atoms with Crippen LogP contribution in [0.5, 0.6) is 34.5 Å². The molecular formula is C95H144N12O17. The van der Waals surface area contributed by atoms with Gasteiger partial charge in [0.2, 0.25) is 17.7 Å². The van der Waals surface area contributed by atoms with Gasteiger partial charge in [0.1, 0.15) is 47.6 Å². The second-order valence-electron chi connectivity index (χ2n) is 34.1. The molecule has 0 saturated heterocycles. The average molecular weight is 1730 g/mol. The Kier molecular flexibility index (Phi) is 42.8. The van der Waals surface area contributed by atoms with Crippen LogP contribution >= 0.6 is 0 Å². The van der Waals surface area contributed by atoms with Crippen LogP contribution in [0, 0.1) is 35.5 Å². The Balaban J connectivity index is 0.000000256. The normalized spacial score (nSPS) is 14.7.